The first-order valence-electron chi connectivity index (χ1n) is 6.35. The molecule has 0 aliphatic carbocycles. The quantitative estimate of drug-likeness (QED) is 0.885. The zero-order chi connectivity index (χ0) is 13.3. The monoisotopic (exact) mass is 244 g/mol. The summed E-state index contributed by atoms with van der Waals surface area (Å²) >= 11 is 0. The molecule has 0 saturated carbocycles. The highest BCUT2D eigenvalue weighted by Crippen LogP contribution is 2.19. The zero-order valence-corrected chi connectivity index (χ0v) is 11.4. The summed E-state index contributed by atoms with van der Waals surface area (Å²) in [5.41, 5.74) is 3.99. The van der Waals surface area contributed by atoms with Gasteiger partial charge >= 0.3 is 0 Å². The lowest BCUT2D eigenvalue weighted by atomic mass is 10.1. The van der Waals surface area contributed by atoms with Gasteiger partial charge in [-0.2, -0.15) is 0 Å². The van der Waals surface area contributed by atoms with Crippen molar-refractivity contribution in [3.63, 3.8) is 0 Å². The second-order valence-corrected chi connectivity index (χ2v) is 5.29. The average molecular weight is 244 g/mol. The first kappa shape index (κ1) is 12.7. The first-order valence-corrected chi connectivity index (χ1v) is 6.35. The first-order chi connectivity index (χ1) is 8.49. The molecule has 1 aromatic carbocycles. The fraction of sp³-hybridized carbons (Fsp3) is 0.400. The van der Waals surface area contributed by atoms with Gasteiger partial charge in [0.05, 0.1) is 5.56 Å². The van der Waals surface area contributed by atoms with Crippen molar-refractivity contribution in [1.82, 2.24) is 9.78 Å². The number of H-pyrrole nitrogens is 1. The normalized spacial score (nSPS) is 11.2. The molecular weight excluding hydrogens is 224 g/mol. The highest BCUT2D eigenvalue weighted by atomic mass is 16.1. The van der Waals surface area contributed by atoms with Crippen molar-refractivity contribution in [2.45, 2.75) is 34.2 Å². The lowest BCUT2D eigenvalue weighted by Crippen LogP contribution is -2.20. The summed E-state index contributed by atoms with van der Waals surface area (Å²) in [5, 5.41) is 3.16. The summed E-state index contributed by atoms with van der Waals surface area (Å²) < 4.78 is 1.70. The van der Waals surface area contributed by atoms with E-state index in [4.69, 9.17) is 0 Å². The number of rotatable bonds is 3. The molecule has 0 saturated heterocycles. The molecule has 96 valence electrons. The van der Waals surface area contributed by atoms with Crippen molar-refractivity contribution < 1.29 is 0 Å². The van der Waals surface area contributed by atoms with E-state index in [1.165, 1.54) is 5.56 Å². The molecule has 0 amide bonds. The highest BCUT2D eigenvalue weighted by molar-refractivity contribution is 5.65. The maximum atomic E-state index is 12.3. The minimum absolute atomic E-state index is 0.0741. The Morgan fingerprint density at radius 2 is 1.78 bits per heavy atom. The number of nitrogens with one attached hydrogen (secondary N) is 1. The molecule has 1 N–H and O–H groups in total. The van der Waals surface area contributed by atoms with Crippen molar-refractivity contribution in [1.29, 1.82) is 0 Å². The van der Waals surface area contributed by atoms with Crippen molar-refractivity contribution in [2.24, 2.45) is 5.92 Å². The van der Waals surface area contributed by atoms with Crippen molar-refractivity contribution in [2.75, 3.05) is 0 Å². The lowest BCUT2D eigenvalue weighted by molar-refractivity contribution is 0.471. The van der Waals surface area contributed by atoms with Gasteiger partial charge in [-0.3, -0.25) is 14.6 Å². The van der Waals surface area contributed by atoms with E-state index < -0.39 is 0 Å². The summed E-state index contributed by atoms with van der Waals surface area (Å²) in [6, 6.07) is 8.08. The van der Waals surface area contributed by atoms with Gasteiger partial charge in [0.2, 0.25) is 0 Å². The fourth-order valence-corrected chi connectivity index (χ4v) is 2.16. The maximum Gasteiger partial charge on any atom is 0.274 e. The highest BCUT2D eigenvalue weighted by Gasteiger charge is 2.13. The molecule has 0 atom stereocenters. The molecule has 18 heavy (non-hydrogen) atoms. The molecule has 0 radical (unpaired) electrons. The third kappa shape index (κ3) is 2.40. The Balaban J connectivity index is 2.48. The molecule has 0 unspecified atom stereocenters. The van der Waals surface area contributed by atoms with Crippen molar-refractivity contribution in [3.8, 4) is 11.1 Å². The number of aromatic amines is 1. The number of aryl methyl sites for hydroxylation is 2. The smallest absolute Gasteiger partial charge is 0.274 e. The van der Waals surface area contributed by atoms with E-state index in [2.05, 4.69) is 18.9 Å². The summed E-state index contributed by atoms with van der Waals surface area (Å²) in [5.74, 6) is 0.451. The van der Waals surface area contributed by atoms with E-state index in [1.54, 1.807) is 4.68 Å². The van der Waals surface area contributed by atoms with E-state index in [-0.39, 0.29) is 5.56 Å². The molecule has 1 aromatic heterocycles. The van der Waals surface area contributed by atoms with E-state index in [1.807, 2.05) is 38.1 Å². The Kier molecular flexibility index (Phi) is 3.41. The van der Waals surface area contributed by atoms with Crippen LogP contribution in [0.1, 0.15) is 25.1 Å². The maximum absolute atomic E-state index is 12.3. The molecule has 2 rings (SSSR count). The number of nitrogens with zero attached hydrogens (tertiary/aromatic N) is 1. The molecule has 0 spiro atoms. The van der Waals surface area contributed by atoms with E-state index in [0.717, 1.165) is 23.4 Å². The van der Waals surface area contributed by atoms with E-state index in [9.17, 15) is 4.79 Å². The Hall–Kier alpha value is -1.77. The van der Waals surface area contributed by atoms with Crippen LogP contribution >= 0.6 is 0 Å². The predicted octanol–water partition coefficient (Wildman–Crippen LogP) is 3.12. The predicted molar refractivity (Wildman–Crippen MR) is 74.8 cm³/mol. The van der Waals surface area contributed by atoms with Crippen LogP contribution in [-0.2, 0) is 6.54 Å². The summed E-state index contributed by atoms with van der Waals surface area (Å²) in [7, 11) is 0. The number of aromatic nitrogens is 2. The van der Waals surface area contributed by atoms with Gasteiger partial charge in [0.1, 0.15) is 0 Å². The summed E-state index contributed by atoms with van der Waals surface area (Å²) in [6.07, 6.45) is 0. The minimum Gasteiger partial charge on any atom is -0.299 e. The van der Waals surface area contributed by atoms with Crippen LogP contribution in [0.15, 0.2) is 29.1 Å². The van der Waals surface area contributed by atoms with Crippen molar-refractivity contribution in [3.05, 3.63) is 45.9 Å². The van der Waals surface area contributed by atoms with Crippen LogP contribution < -0.4 is 5.56 Å². The van der Waals surface area contributed by atoms with E-state index >= 15 is 0 Å². The molecule has 0 aliphatic heterocycles. The lowest BCUT2D eigenvalue weighted by Gasteiger charge is -2.03. The third-order valence-corrected chi connectivity index (χ3v) is 3.02. The van der Waals surface area contributed by atoms with Gasteiger partial charge in [-0.05, 0) is 25.3 Å². The summed E-state index contributed by atoms with van der Waals surface area (Å²) in [6.45, 7) is 8.94. The average Bonchev–Trinajstić information content (AvgIpc) is 2.55. The Bertz CT molecular complexity index is 588. The van der Waals surface area contributed by atoms with Crippen LogP contribution in [0.2, 0.25) is 0 Å². The van der Waals surface area contributed by atoms with Gasteiger partial charge < -0.3 is 0 Å². The topological polar surface area (TPSA) is 37.8 Å². The van der Waals surface area contributed by atoms with Gasteiger partial charge in [0.15, 0.2) is 0 Å². The van der Waals surface area contributed by atoms with Crippen LogP contribution in [0.4, 0.5) is 0 Å². The standard InChI is InChI=1S/C15H20N2O/c1-10(2)9-17-15(18)14(12(4)16-17)13-7-5-11(3)6-8-13/h5-8,10,16H,9H2,1-4H3. The van der Waals surface area contributed by atoms with Gasteiger partial charge in [-0.25, -0.2) is 0 Å². The molecule has 0 fully saturated rings. The molecule has 2 aromatic rings. The van der Waals surface area contributed by atoms with Gasteiger partial charge in [0, 0.05) is 12.2 Å². The molecule has 3 nitrogen and oxygen atoms in total. The number of hydrogen-bond donors (Lipinski definition) is 1. The second kappa shape index (κ2) is 4.84. The van der Waals surface area contributed by atoms with Gasteiger partial charge in [-0.15, -0.1) is 0 Å². The fourth-order valence-electron chi connectivity index (χ4n) is 2.16. The molecule has 0 aliphatic rings. The molecule has 3 heteroatoms. The van der Waals surface area contributed by atoms with Gasteiger partial charge in [-0.1, -0.05) is 43.7 Å². The van der Waals surface area contributed by atoms with Crippen molar-refractivity contribution >= 4 is 0 Å². The van der Waals surface area contributed by atoms with Gasteiger partial charge in [0.25, 0.3) is 5.56 Å². The second-order valence-electron chi connectivity index (χ2n) is 5.29. The van der Waals surface area contributed by atoms with Crippen LogP contribution in [0, 0.1) is 19.8 Å². The number of hydrogen-bond acceptors (Lipinski definition) is 1. The van der Waals surface area contributed by atoms with Crippen LogP contribution in [0.25, 0.3) is 11.1 Å². The zero-order valence-electron chi connectivity index (χ0n) is 11.4. The SMILES string of the molecule is Cc1ccc(-c2c(C)[nH]n(CC(C)C)c2=O)cc1. The van der Waals surface area contributed by atoms with Crippen LogP contribution in [-0.4, -0.2) is 9.78 Å². The Morgan fingerprint density at radius 1 is 1.17 bits per heavy atom. The Morgan fingerprint density at radius 3 is 2.33 bits per heavy atom. The summed E-state index contributed by atoms with van der Waals surface area (Å²) in [4.78, 5) is 12.3. The van der Waals surface area contributed by atoms with Crippen LogP contribution in [0.3, 0.4) is 0 Å². The van der Waals surface area contributed by atoms with E-state index in [0.29, 0.717) is 5.92 Å². The Labute approximate surface area is 107 Å². The third-order valence-electron chi connectivity index (χ3n) is 3.02. The van der Waals surface area contributed by atoms with Crippen LogP contribution in [0.5, 0.6) is 0 Å². The molecule has 0 bridgehead atoms. The minimum atomic E-state index is 0.0741. The molecule has 1 heterocycles. The number of benzene rings is 1. The molecular formula is C15H20N2O. The largest absolute Gasteiger partial charge is 0.299 e.